The lowest BCUT2D eigenvalue weighted by molar-refractivity contribution is -0.166. The highest BCUT2D eigenvalue weighted by Gasteiger charge is 2.35. The van der Waals surface area contributed by atoms with E-state index in [0.717, 1.165) is 19.7 Å². The molecule has 3 aromatic rings. The van der Waals surface area contributed by atoms with Crippen LogP contribution >= 0.6 is 31.9 Å². The number of aromatic nitrogens is 1. The normalized spacial score (nSPS) is 14.5. The van der Waals surface area contributed by atoms with Crippen molar-refractivity contribution in [3.63, 3.8) is 0 Å². The molecule has 0 aliphatic carbocycles. The highest BCUT2D eigenvalue weighted by molar-refractivity contribution is 9.10. The quantitative estimate of drug-likeness (QED) is 0.666. The number of carbonyl (C=O) groups is 1. The van der Waals surface area contributed by atoms with E-state index in [1.165, 1.54) is 11.5 Å². The van der Waals surface area contributed by atoms with Gasteiger partial charge >= 0.3 is 5.97 Å². The minimum absolute atomic E-state index is 0.665. The molecule has 1 aromatic heterocycles. The van der Waals surface area contributed by atoms with Crippen LogP contribution in [0.3, 0.4) is 0 Å². The molecule has 6 heteroatoms. The van der Waals surface area contributed by atoms with Crippen molar-refractivity contribution in [2.75, 3.05) is 0 Å². The van der Waals surface area contributed by atoms with E-state index in [1.807, 2.05) is 24.3 Å². The van der Waals surface area contributed by atoms with Gasteiger partial charge in [-0.1, -0.05) is 31.9 Å². The first-order valence-electron chi connectivity index (χ1n) is 6.18. The smallest absolute Gasteiger partial charge is 0.357 e. The van der Waals surface area contributed by atoms with Gasteiger partial charge in [-0.2, -0.15) is 0 Å². The van der Waals surface area contributed by atoms with Gasteiger partial charge in [0.25, 0.3) is 0 Å². The van der Waals surface area contributed by atoms with Gasteiger partial charge in [0, 0.05) is 19.7 Å². The third-order valence-corrected chi connectivity index (χ3v) is 4.52. The van der Waals surface area contributed by atoms with Gasteiger partial charge in [-0.3, -0.25) is 0 Å². The van der Waals surface area contributed by atoms with Gasteiger partial charge in [0.05, 0.1) is 11.0 Å². The molecule has 21 heavy (non-hydrogen) atoms. The predicted molar refractivity (Wildman–Crippen MR) is 88.3 cm³/mol. The zero-order valence-electron chi connectivity index (χ0n) is 11.0. The monoisotopic (exact) mass is 411 g/mol. The fourth-order valence-electron chi connectivity index (χ4n) is 2.53. The van der Waals surface area contributed by atoms with Crippen molar-refractivity contribution in [1.82, 2.24) is 4.57 Å². The van der Waals surface area contributed by atoms with Gasteiger partial charge in [-0.05, 0) is 43.3 Å². The van der Waals surface area contributed by atoms with Gasteiger partial charge in [0.15, 0.2) is 0 Å². The fourth-order valence-corrected chi connectivity index (χ4v) is 3.25. The van der Waals surface area contributed by atoms with Crippen LogP contribution in [0.2, 0.25) is 0 Å². The van der Waals surface area contributed by atoms with Gasteiger partial charge in [-0.15, -0.1) is 0 Å². The Labute approximate surface area is 137 Å². The van der Waals surface area contributed by atoms with E-state index in [9.17, 15) is 15.0 Å². The van der Waals surface area contributed by atoms with Gasteiger partial charge in [0.2, 0.25) is 5.72 Å². The third kappa shape index (κ3) is 2.18. The summed E-state index contributed by atoms with van der Waals surface area (Å²) in [6, 6.07) is 11.1. The van der Waals surface area contributed by atoms with Crippen LogP contribution < -0.4 is 0 Å². The van der Waals surface area contributed by atoms with E-state index in [0.29, 0.717) is 11.0 Å². The Morgan fingerprint density at radius 3 is 1.86 bits per heavy atom. The summed E-state index contributed by atoms with van der Waals surface area (Å²) in [7, 11) is 0. The van der Waals surface area contributed by atoms with Crippen LogP contribution in [0.1, 0.15) is 6.92 Å². The lowest BCUT2D eigenvalue weighted by atomic mass is 10.2. The first kappa shape index (κ1) is 14.6. The topological polar surface area (TPSA) is 62.5 Å². The van der Waals surface area contributed by atoms with E-state index in [1.54, 1.807) is 12.1 Å². The summed E-state index contributed by atoms with van der Waals surface area (Å²) in [5.74, 6) is -1.30. The van der Waals surface area contributed by atoms with Gasteiger partial charge in [0.1, 0.15) is 0 Å². The van der Waals surface area contributed by atoms with Crippen LogP contribution in [-0.2, 0) is 10.5 Å². The van der Waals surface area contributed by atoms with E-state index < -0.39 is 11.7 Å². The number of hydrogen-bond donors (Lipinski definition) is 2. The van der Waals surface area contributed by atoms with Crippen molar-refractivity contribution in [1.29, 1.82) is 0 Å². The van der Waals surface area contributed by atoms with Crippen LogP contribution in [-0.4, -0.2) is 20.7 Å². The Bertz CT molecular complexity index is 824. The Balaban J connectivity index is 2.55. The average molecular weight is 413 g/mol. The zero-order chi connectivity index (χ0) is 15.4. The maximum absolute atomic E-state index is 11.5. The largest absolute Gasteiger partial charge is 0.478 e. The molecule has 1 heterocycles. The predicted octanol–water partition coefficient (Wildman–Crippen LogP) is 4.07. The number of hydrogen-bond acceptors (Lipinski definition) is 2. The van der Waals surface area contributed by atoms with Crippen molar-refractivity contribution < 1.29 is 15.0 Å². The molecule has 0 spiro atoms. The van der Waals surface area contributed by atoms with Crippen LogP contribution in [0.5, 0.6) is 0 Å². The molecule has 1 unspecified atom stereocenters. The molecule has 0 saturated heterocycles. The molecular formula is C15H11Br2NO3. The second-order valence-corrected chi connectivity index (χ2v) is 6.82. The molecule has 2 aromatic carbocycles. The van der Waals surface area contributed by atoms with Crippen LogP contribution in [0.25, 0.3) is 21.8 Å². The molecule has 1 atom stereocenters. The Hall–Kier alpha value is -1.37. The van der Waals surface area contributed by atoms with E-state index in [-0.39, 0.29) is 0 Å². The lowest BCUT2D eigenvalue weighted by Crippen LogP contribution is -2.38. The minimum Gasteiger partial charge on any atom is -0.478 e. The van der Waals surface area contributed by atoms with Crippen molar-refractivity contribution in [2.24, 2.45) is 0 Å². The van der Waals surface area contributed by atoms with Crippen LogP contribution in [0, 0.1) is 0 Å². The number of aliphatic carboxylic acids is 1. The maximum atomic E-state index is 11.5. The number of nitrogens with zero attached hydrogens (tertiary/aromatic N) is 1. The van der Waals surface area contributed by atoms with Crippen LogP contribution in [0.15, 0.2) is 45.3 Å². The number of benzene rings is 2. The standard InChI is InChI=1S/C15H11Br2NO3/c1-15(21,14(19)20)18-12-4-2-8(16)6-10(12)11-7-9(17)3-5-13(11)18/h2-7,21H,1H3,(H,19,20). The van der Waals surface area contributed by atoms with Crippen molar-refractivity contribution >= 4 is 59.6 Å². The molecule has 0 bridgehead atoms. The second kappa shape index (κ2) is 4.83. The van der Waals surface area contributed by atoms with Gasteiger partial charge < -0.3 is 14.8 Å². The summed E-state index contributed by atoms with van der Waals surface area (Å²) in [5, 5.41) is 21.5. The number of rotatable bonds is 2. The number of carboxylic acids is 1. The van der Waals surface area contributed by atoms with Gasteiger partial charge in [-0.25, -0.2) is 4.79 Å². The summed E-state index contributed by atoms with van der Waals surface area (Å²) >= 11 is 6.85. The second-order valence-electron chi connectivity index (χ2n) is 4.98. The molecule has 3 rings (SSSR count). The Morgan fingerprint density at radius 1 is 1.05 bits per heavy atom. The van der Waals surface area contributed by atoms with Crippen molar-refractivity contribution in [3.8, 4) is 0 Å². The van der Waals surface area contributed by atoms with Crippen molar-refractivity contribution in [3.05, 3.63) is 45.3 Å². The fraction of sp³-hybridized carbons (Fsp3) is 0.133. The molecule has 4 nitrogen and oxygen atoms in total. The summed E-state index contributed by atoms with van der Waals surface area (Å²) in [6.45, 7) is 1.28. The maximum Gasteiger partial charge on any atom is 0.357 e. The third-order valence-electron chi connectivity index (χ3n) is 3.53. The lowest BCUT2D eigenvalue weighted by Gasteiger charge is -2.22. The first-order valence-corrected chi connectivity index (χ1v) is 7.76. The molecule has 108 valence electrons. The number of halogens is 2. The minimum atomic E-state index is -2.03. The molecule has 0 fully saturated rings. The summed E-state index contributed by atoms with van der Waals surface area (Å²) in [6.07, 6.45) is 0. The highest BCUT2D eigenvalue weighted by Crippen LogP contribution is 2.36. The number of aliphatic hydroxyl groups is 1. The molecule has 0 radical (unpaired) electrons. The van der Waals surface area contributed by atoms with E-state index in [4.69, 9.17) is 0 Å². The van der Waals surface area contributed by atoms with Crippen LogP contribution in [0.4, 0.5) is 0 Å². The molecule has 0 aliphatic heterocycles. The molecule has 0 aliphatic rings. The SMILES string of the molecule is CC(O)(C(=O)O)n1c2ccc(Br)cc2c2cc(Br)ccc21. The molecule has 0 saturated carbocycles. The Kier molecular flexibility index (Phi) is 3.35. The first-order chi connectivity index (χ1) is 9.82. The average Bonchev–Trinajstić information content (AvgIpc) is 2.72. The van der Waals surface area contributed by atoms with Crippen molar-refractivity contribution in [2.45, 2.75) is 12.6 Å². The van der Waals surface area contributed by atoms with E-state index in [2.05, 4.69) is 31.9 Å². The molecular weight excluding hydrogens is 402 g/mol. The highest BCUT2D eigenvalue weighted by atomic mass is 79.9. The summed E-state index contributed by atoms with van der Waals surface area (Å²) in [5.41, 5.74) is -0.695. The summed E-state index contributed by atoms with van der Waals surface area (Å²) in [4.78, 5) is 11.5. The molecule has 2 N–H and O–H groups in total. The van der Waals surface area contributed by atoms with E-state index >= 15 is 0 Å². The zero-order valence-corrected chi connectivity index (χ0v) is 14.1. The summed E-state index contributed by atoms with van der Waals surface area (Å²) < 4.78 is 3.23. The Morgan fingerprint density at radius 2 is 1.48 bits per heavy atom. The number of fused-ring (bicyclic) bond motifs is 3. The number of carboxylic acid groups (broad SMARTS) is 1. The molecule has 0 amide bonds.